The number of ether oxygens (including phenoxy) is 1. The first-order chi connectivity index (χ1) is 9.15. The van der Waals surface area contributed by atoms with E-state index in [-0.39, 0.29) is 17.5 Å². The van der Waals surface area contributed by atoms with Crippen LogP contribution in [0.1, 0.15) is 29.6 Å². The topological polar surface area (TPSA) is 64.3 Å². The zero-order valence-electron chi connectivity index (χ0n) is 11.0. The number of hydrogen-bond acceptors (Lipinski definition) is 3. The van der Waals surface area contributed by atoms with Gasteiger partial charge in [0.25, 0.3) is 5.91 Å². The molecule has 1 amide bonds. The van der Waals surface area contributed by atoms with Crippen molar-refractivity contribution < 1.29 is 13.9 Å². The predicted molar refractivity (Wildman–Crippen MR) is 70.6 cm³/mol. The Labute approximate surface area is 112 Å². The van der Waals surface area contributed by atoms with Crippen LogP contribution >= 0.6 is 0 Å². The maximum Gasteiger partial charge on any atom is 0.254 e. The monoisotopic (exact) mass is 266 g/mol. The highest BCUT2D eigenvalue weighted by Gasteiger charge is 2.28. The van der Waals surface area contributed by atoms with Crippen molar-refractivity contribution in [2.45, 2.75) is 25.3 Å². The van der Waals surface area contributed by atoms with Gasteiger partial charge >= 0.3 is 0 Å². The molecular weight excluding hydrogens is 247 g/mol. The quantitative estimate of drug-likeness (QED) is 0.871. The summed E-state index contributed by atoms with van der Waals surface area (Å²) in [6.45, 7) is 0.552. The van der Waals surface area contributed by atoms with E-state index >= 15 is 0 Å². The minimum Gasteiger partial charge on any atom is -0.497 e. The number of carbonyl (C=O) groups excluding carboxylic acids is 1. The predicted octanol–water partition coefficient (Wildman–Crippen LogP) is 1.69. The second-order valence-electron chi connectivity index (χ2n) is 4.85. The fourth-order valence-electron chi connectivity index (χ4n) is 2.56. The van der Waals surface area contributed by atoms with Crippen LogP contribution in [-0.2, 0) is 0 Å². The number of nitrogens with one attached hydrogen (secondary N) is 1. The molecule has 1 aromatic rings. The van der Waals surface area contributed by atoms with Gasteiger partial charge in [0.15, 0.2) is 0 Å². The normalized spacial score (nSPS) is 22.3. The Balaban J connectivity index is 2.07. The van der Waals surface area contributed by atoms with E-state index in [1.807, 2.05) is 0 Å². The van der Waals surface area contributed by atoms with Gasteiger partial charge in [0.05, 0.1) is 12.7 Å². The van der Waals surface area contributed by atoms with Gasteiger partial charge in [0, 0.05) is 12.1 Å². The van der Waals surface area contributed by atoms with Crippen LogP contribution in [0.3, 0.4) is 0 Å². The lowest BCUT2D eigenvalue weighted by Gasteiger charge is -2.19. The number of nitrogens with two attached hydrogens (primary N) is 1. The average Bonchev–Trinajstić information content (AvgIpc) is 2.85. The molecule has 1 saturated carbocycles. The summed E-state index contributed by atoms with van der Waals surface area (Å²) < 4.78 is 18.7. The first-order valence-corrected chi connectivity index (χ1v) is 6.50. The Kier molecular flexibility index (Phi) is 4.37. The minimum atomic E-state index is -0.570. The summed E-state index contributed by atoms with van der Waals surface area (Å²) in [4.78, 5) is 12.0. The lowest BCUT2D eigenvalue weighted by atomic mass is 10.0. The molecule has 0 bridgehead atoms. The fourth-order valence-corrected chi connectivity index (χ4v) is 2.56. The molecule has 104 valence electrons. The molecule has 1 aliphatic rings. The highest BCUT2D eigenvalue weighted by atomic mass is 19.1. The van der Waals surface area contributed by atoms with Gasteiger partial charge in [-0.25, -0.2) is 4.39 Å². The molecule has 1 aliphatic carbocycles. The molecule has 2 rings (SSSR count). The van der Waals surface area contributed by atoms with E-state index in [0.29, 0.717) is 18.2 Å². The standard InChI is InChI=1S/C14H19FN2O2/c1-19-10-5-6-11(12(15)7-10)14(18)17-13-4-2-3-9(13)8-16/h5-7,9,13H,2-4,8,16H2,1H3,(H,17,18). The third-order valence-electron chi connectivity index (χ3n) is 3.70. The molecule has 19 heavy (non-hydrogen) atoms. The van der Waals surface area contributed by atoms with Crippen LogP contribution in [0.25, 0.3) is 0 Å². The van der Waals surface area contributed by atoms with E-state index in [9.17, 15) is 9.18 Å². The molecular formula is C14H19FN2O2. The van der Waals surface area contributed by atoms with Crippen molar-refractivity contribution in [3.63, 3.8) is 0 Å². The van der Waals surface area contributed by atoms with Gasteiger partial charge < -0.3 is 15.8 Å². The van der Waals surface area contributed by atoms with Crippen molar-refractivity contribution in [3.05, 3.63) is 29.6 Å². The average molecular weight is 266 g/mol. The first-order valence-electron chi connectivity index (χ1n) is 6.50. The first kappa shape index (κ1) is 13.8. The largest absolute Gasteiger partial charge is 0.497 e. The number of benzene rings is 1. The summed E-state index contributed by atoms with van der Waals surface area (Å²) in [5, 5.41) is 2.87. The van der Waals surface area contributed by atoms with Crippen molar-refractivity contribution in [1.29, 1.82) is 0 Å². The summed E-state index contributed by atoms with van der Waals surface area (Å²) in [5.74, 6) is -0.260. The second-order valence-corrected chi connectivity index (χ2v) is 4.85. The van der Waals surface area contributed by atoms with Crippen LogP contribution in [0.2, 0.25) is 0 Å². The second kappa shape index (κ2) is 6.02. The molecule has 1 fully saturated rings. The summed E-state index contributed by atoms with van der Waals surface area (Å²) >= 11 is 0. The lowest BCUT2D eigenvalue weighted by Crippen LogP contribution is -2.40. The van der Waals surface area contributed by atoms with Crippen molar-refractivity contribution in [1.82, 2.24) is 5.32 Å². The molecule has 1 aromatic carbocycles. The van der Waals surface area contributed by atoms with E-state index in [0.717, 1.165) is 19.3 Å². The highest BCUT2D eigenvalue weighted by molar-refractivity contribution is 5.94. The summed E-state index contributed by atoms with van der Waals surface area (Å²) in [6, 6.07) is 4.28. The molecule has 0 spiro atoms. The summed E-state index contributed by atoms with van der Waals surface area (Å²) in [6.07, 6.45) is 2.98. The molecule has 0 saturated heterocycles. The van der Waals surface area contributed by atoms with Gasteiger partial charge in [-0.05, 0) is 37.4 Å². The Hall–Kier alpha value is -1.62. The molecule has 0 heterocycles. The number of methoxy groups -OCH3 is 1. The van der Waals surface area contributed by atoms with Crippen molar-refractivity contribution in [2.24, 2.45) is 11.7 Å². The molecule has 5 heteroatoms. The van der Waals surface area contributed by atoms with E-state index < -0.39 is 5.82 Å². The van der Waals surface area contributed by atoms with E-state index in [4.69, 9.17) is 10.5 Å². The Morgan fingerprint density at radius 2 is 2.32 bits per heavy atom. The maximum absolute atomic E-state index is 13.8. The van der Waals surface area contributed by atoms with Crippen LogP contribution in [0, 0.1) is 11.7 Å². The van der Waals surface area contributed by atoms with E-state index in [1.54, 1.807) is 6.07 Å². The van der Waals surface area contributed by atoms with Gasteiger partial charge in [-0.15, -0.1) is 0 Å². The highest BCUT2D eigenvalue weighted by Crippen LogP contribution is 2.25. The maximum atomic E-state index is 13.8. The smallest absolute Gasteiger partial charge is 0.254 e. The van der Waals surface area contributed by atoms with Gasteiger partial charge in [-0.3, -0.25) is 4.79 Å². The van der Waals surface area contributed by atoms with Crippen LogP contribution in [0.4, 0.5) is 4.39 Å². The van der Waals surface area contributed by atoms with Crippen molar-refractivity contribution >= 4 is 5.91 Å². The molecule has 2 unspecified atom stereocenters. The SMILES string of the molecule is COc1ccc(C(=O)NC2CCCC2CN)c(F)c1. The Morgan fingerprint density at radius 3 is 2.95 bits per heavy atom. The molecule has 0 aliphatic heterocycles. The zero-order valence-corrected chi connectivity index (χ0v) is 11.0. The minimum absolute atomic E-state index is 0.0449. The fraction of sp³-hybridized carbons (Fsp3) is 0.500. The Bertz CT molecular complexity index is 465. The number of amides is 1. The van der Waals surface area contributed by atoms with Crippen molar-refractivity contribution in [2.75, 3.05) is 13.7 Å². The van der Waals surface area contributed by atoms with Crippen LogP contribution in [0.15, 0.2) is 18.2 Å². The van der Waals surface area contributed by atoms with Crippen LogP contribution < -0.4 is 15.8 Å². The van der Waals surface area contributed by atoms with Gasteiger partial charge in [-0.2, -0.15) is 0 Å². The number of carbonyl (C=O) groups is 1. The summed E-state index contributed by atoms with van der Waals surface area (Å²) in [7, 11) is 1.46. The number of rotatable bonds is 4. The number of hydrogen-bond donors (Lipinski definition) is 2. The van der Waals surface area contributed by atoms with Crippen LogP contribution in [-0.4, -0.2) is 25.6 Å². The van der Waals surface area contributed by atoms with Gasteiger partial charge in [0.2, 0.25) is 0 Å². The lowest BCUT2D eigenvalue weighted by molar-refractivity contribution is 0.0924. The van der Waals surface area contributed by atoms with E-state index in [2.05, 4.69) is 5.32 Å². The summed E-state index contributed by atoms with van der Waals surface area (Å²) in [5.41, 5.74) is 5.71. The van der Waals surface area contributed by atoms with Crippen molar-refractivity contribution in [3.8, 4) is 5.75 Å². The Morgan fingerprint density at radius 1 is 1.53 bits per heavy atom. The third kappa shape index (κ3) is 3.04. The van der Waals surface area contributed by atoms with Crippen LogP contribution in [0.5, 0.6) is 5.75 Å². The molecule has 4 nitrogen and oxygen atoms in total. The molecule has 2 atom stereocenters. The molecule has 0 radical (unpaired) electrons. The molecule has 0 aromatic heterocycles. The molecule has 3 N–H and O–H groups in total. The third-order valence-corrected chi connectivity index (χ3v) is 3.70. The zero-order chi connectivity index (χ0) is 13.8. The van der Waals surface area contributed by atoms with Gasteiger partial charge in [0.1, 0.15) is 11.6 Å². The number of halogens is 1. The van der Waals surface area contributed by atoms with E-state index in [1.165, 1.54) is 19.2 Å². The van der Waals surface area contributed by atoms with Gasteiger partial charge in [-0.1, -0.05) is 6.42 Å².